The van der Waals surface area contributed by atoms with Gasteiger partial charge in [-0.3, -0.25) is 10.2 Å². The zero-order valence-electron chi connectivity index (χ0n) is 19.1. The summed E-state index contributed by atoms with van der Waals surface area (Å²) in [4.78, 5) is 17.2. The molecule has 0 fully saturated rings. The second-order valence-electron chi connectivity index (χ2n) is 8.53. The average Bonchev–Trinajstić information content (AvgIpc) is 3.45. The fraction of sp³-hybridized carbons (Fsp3) is 0.0714. The molecule has 3 aromatic carbocycles. The predicted molar refractivity (Wildman–Crippen MR) is 143 cm³/mol. The van der Waals surface area contributed by atoms with Gasteiger partial charge in [0.25, 0.3) is 5.91 Å². The second-order valence-corrected chi connectivity index (χ2v) is 9.57. The van der Waals surface area contributed by atoms with E-state index in [1.165, 1.54) is 28.9 Å². The molecule has 1 N–H and O–H groups in total. The Hall–Kier alpha value is -4.30. The molecule has 1 amide bonds. The van der Waals surface area contributed by atoms with Gasteiger partial charge >= 0.3 is 0 Å². The molecule has 2 aliphatic rings. The molecule has 6 nitrogen and oxygen atoms in total. The van der Waals surface area contributed by atoms with Crippen LogP contribution in [0.4, 0.5) is 4.39 Å². The highest BCUT2D eigenvalue weighted by Gasteiger charge is 2.35. The first kappa shape index (κ1) is 22.2. The molecule has 0 unspecified atom stereocenters. The number of para-hydroxylation sites is 1. The SMILES string of the molecule is N=C1/C(=C/c2cn(Cc3ccc(F)cc3)c3ccccc23)C(=O)N=C2SC(Cc3ccccc3)=NN12. The third-order valence-corrected chi connectivity index (χ3v) is 6.99. The lowest BCUT2D eigenvalue weighted by atomic mass is 10.1. The molecule has 3 heterocycles. The number of nitrogens with one attached hydrogen (secondary N) is 1. The molecule has 176 valence electrons. The summed E-state index contributed by atoms with van der Waals surface area (Å²) in [5.74, 6) is -0.716. The minimum Gasteiger partial charge on any atom is -0.342 e. The molecule has 0 spiro atoms. The molecule has 6 rings (SSSR count). The molecule has 1 aromatic heterocycles. The maximum Gasteiger partial charge on any atom is 0.283 e. The van der Waals surface area contributed by atoms with E-state index < -0.39 is 5.91 Å². The first-order valence-corrected chi connectivity index (χ1v) is 12.2. The molecule has 0 radical (unpaired) electrons. The van der Waals surface area contributed by atoms with Gasteiger partial charge in [-0.25, -0.2) is 4.39 Å². The Kier molecular flexibility index (Phi) is 5.58. The van der Waals surface area contributed by atoms with Gasteiger partial charge in [0.15, 0.2) is 5.84 Å². The van der Waals surface area contributed by atoms with Crippen LogP contribution < -0.4 is 0 Å². The van der Waals surface area contributed by atoms with Crippen LogP contribution in [0.2, 0.25) is 0 Å². The van der Waals surface area contributed by atoms with E-state index in [2.05, 4.69) is 14.7 Å². The monoisotopic (exact) mass is 493 g/mol. The highest BCUT2D eigenvalue weighted by atomic mass is 32.2. The number of thioether (sulfide) groups is 1. The number of aliphatic imine (C=N–C) groups is 1. The van der Waals surface area contributed by atoms with Gasteiger partial charge in [-0.2, -0.15) is 15.1 Å². The smallest absolute Gasteiger partial charge is 0.283 e. The van der Waals surface area contributed by atoms with Crippen molar-refractivity contribution in [2.45, 2.75) is 13.0 Å². The fourth-order valence-electron chi connectivity index (χ4n) is 4.34. The molecular formula is C28H20FN5OS. The van der Waals surface area contributed by atoms with Gasteiger partial charge in [0.05, 0.1) is 5.57 Å². The number of carbonyl (C=O) groups is 1. The van der Waals surface area contributed by atoms with Gasteiger partial charge in [0.2, 0.25) is 5.17 Å². The number of hydrazone groups is 1. The van der Waals surface area contributed by atoms with Crippen molar-refractivity contribution >= 4 is 50.7 Å². The minimum absolute atomic E-state index is 0.0101. The van der Waals surface area contributed by atoms with Crippen molar-refractivity contribution in [3.05, 3.63) is 113 Å². The number of benzene rings is 3. The van der Waals surface area contributed by atoms with Crippen molar-refractivity contribution in [1.82, 2.24) is 9.58 Å². The van der Waals surface area contributed by atoms with Crippen molar-refractivity contribution in [1.29, 1.82) is 5.41 Å². The molecule has 4 aromatic rings. The van der Waals surface area contributed by atoms with Gasteiger partial charge in [0.1, 0.15) is 10.9 Å². The minimum atomic E-state index is -0.453. The molecular weight excluding hydrogens is 473 g/mol. The molecule has 36 heavy (non-hydrogen) atoms. The summed E-state index contributed by atoms with van der Waals surface area (Å²) in [5.41, 5.74) is 4.04. The number of nitrogens with zero attached hydrogens (tertiary/aromatic N) is 4. The second kappa shape index (κ2) is 9.05. The summed E-state index contributed by atoms with van der Waals surface area (Å²) in [6.07, 6.45) is 4.27. The van der Waals surface area contributed by atoms with Gasteiger partial charge in [-0.05, 0) is 47.2 Å². The Bertz CT molecular complexity index is 1600. The topological polar surface area (TPSA) is 73.8 Å². The number of rotatable bonds is 5. The van der Waals surface area contributed by atoms with Crippen molar-refractivity contribution in [2.75, 3.05) is 0 Å². The summed E-state index contributed by atoms with van der Waals surface area (Å²) in [7, 11) is 0. The summed E-state index contributed by atoms with van der Waals surface area (Å²) >= 11 is 1.32. The number of halogens is 1. The Morgan fingerprint density at radius 1 is 0.944 bits per heavy atom. The lowest BCUT2D eigenvalue weighted by molar-refractivity contribution is -0.114. The fourth-order valence-corrected chi connectivity index (χ4v) is 5.26. The first-order chi connectivity index (χ1) is 17.5. The van der Waals surface area contributed by atoms with E-state index in [9.17, 15) is 9.18 Å². The first-order valence-electron chi connectivity index (χ1n) is 11.4. The summed E-state index contributed by atoms with van der Waals surface area (Å²) in [6.45, 7) is 0.549. The van der Waals surface area contributed by atoms with E-state index in [-0.39, 0.29) is 17.2 Å². The number of hydrogen-bond acceptors (Lipinski definition) is 4. The van der Waals surface area contributed by atoms with Gasteiger partial charge in [0, 0.05) is 35.6 Å². The van der Waals surface area contributed by atoms with Crippen LogP contribution in [-0.2, 0) is 17.8 Å². The number of amidine groups is 2. The number of aromatic nitrogens is 1. The van der Waals surface area contributed by atoms with Crippen LogP contribution in [0.5, 0.6) is 0 Å². The van der Waals surface area contributed by atoms with Crippen LogP contribution >= 0.6 is 11.8 Å². The van der Waals surface area contributed by atoms with E-state index >= 15 is 0 Å². The number of amides is 1. The van der Waals surface area contributed by atoms with Crippen molar-refractivity contribution < 1.29 is 9.18 Å². The van der Waals surface area contributed by atoms with E-state index in [4.69, 9.17) is 5.41 Å². The molecule has 2 aliphatic heterocycles. The summed E-state index contributed by atoms with van der Waals surface area (Å²) in [6, 6.07) is 24.2. The predicted octanol–water partition coefficient (Wildman–Crippen LogP) is 5.69. The Morgan fingerprint density at radius 2 is 1.69 bits per heavy atom. The van der Waals surface area contributed by atoms with E-state index in [0.717, 1.165) is 32.6 Å². The zero-order chi connectivity index (χ0) is 24.6. The van der Waals surface area contributed by atoms with Gasteiger partial charge in [-0.1, -0.05) is 60.7 Å². The lowest BCUT2D eigenvalue weighted by Crippen LogP contribution is -2.35. The lowest BCUT2D eigenvalue weighted by Gasteiger charge is -2.20. The largest absolute Gasteiger partial charge is 0.342 e. The maximum absolute atomic E-state index is 13.4. The zero-order valence-corrected chi connectivity index (χ0v) is 19.9. The Labute approximate surface area is 211 Å². The third kappa shape index (κ3) is 4.16. The van der Waals surface area contributed by atoms with Gasteiger partial charge in [-0.15, -0.1) is 0 Å². The Morgan fingerprint density at radius 3 is 2.50 bits per heavy atom. The standard InChI is InChI=1S/C28H20FN5OS/c29-21-12-10-19(11-13-21)16-33-17-20(22-8-4-5-9-24(22)33)15-23-26(30)34-28(31-27(23)35)36-25(32-34)14-18-6-2-1-3-7-18/h1-13,15,17,30H,14,16H2/b23-15-,30-26?. The summed E-state index contributed by atoms with van der Waals surface area (Å²) < 4.78 is 15.4. The third-order valence-electron chi connectivity index (χ3n) is 6.08. The molecule has 0 aliphatic carbocycles. The van der Waals surface area contributed by atoms with Crippen LogP contribution in [0.1, 0.15) is 16.7 Å². The molecule has 0 atom stereocenters. The van der Waals surface area contributed by atoms with Gasteiger partial charge < -0.3 is 4.57 Å². The molecule has 0 saturated heterocycles. The van der Waals surface area contributed by atoms with Crippen molar-refractivity contribution in [3.63, 3.8) is 0 Å². The Balaban J connectivity index is 1.33. The normalized spacial score (nSPS) is 16.5. The number of carbonyl (C=O) groups excluding carboxylic acids is 1. The van der Waals surface area contributed by atoms with Crippen LogP contribution in [0.25, 0.3) is 17.0 Å². The van der Waals surface area contributed by atoms with Crippen LogP contribution in [0.3, 0.4) is 0 Å². The number of fused-ring (bicyclic) bond motifs is 2. The van der Waals surface area contributed by atoms with Crippen LogP contribution in [-0.4, -0.2) is 31.5 Å². The quantitative estimate of drug-likeness (QED) is 0.363. The van der Waals surface area contributed by atoms with E-state index in [0.29, 0.717) is 18.1 Å². The average molecular weight is 494 g/mol. The van der Waals surface area contributed by atoms with E-state index in [1.54, 1.807) is 18.2 Å². The highest BCUT2D eigenvalue weighted by Crippen LogP contribution is 2.31. The van der Waals surface area contributed by atoms with Crippen molar-refractivity contribution in [2.24, 2.45) is 10.1 Å². The molecule has 0 bridgehead atoms. The molecule has 8 heteroatoms. The highest BCUT2D eigenvalue weighted by molar-refractivity contribution is 8.26. The number of hydrogen-bond donors (Lipinski definition) is 1. The maximum atomic E-state index is 13.4. The van der Waals surface area contributed by atoms with Crippen molar-refractivity contribution in [3.8, 4) is 0 Å². The summed E-state index contributed by atoms with van der Waals surface area (Å²) in [5, 5.41) is 16.9. The van der Waals surface area contributed by atoms with Crippen LogP contribution in [0.15, 0.2) is 101 Å². The molecule has 0 saturated carbocycles. The van der Waals surface area contributed by atoms with E-state index in [1.807, 2.05) is 60.8 Å². The van der Waals surface area contributed by atoms with Crippen LogP contribution in [0, 0.1) is 11.2 Å².